The number of hydrogen-bond acceptors (Lipinski definition) is 11. The second-order valence-corrected chi connectivity index (χ2v) is 17.7. The molecule has 11 heteroatoms. The Labute approximate surface area is 361 Å². The lowest BCUT2D eigenvalue weighted by molar-refractivity contribution is -0.142. The molecule has 0 aromatic rings. The third-order valence-corrected chi connectivity index (χ3v) is 10.1. The number of esters is 2. The molecular weight excluding hydrogens is 743 g/mol. The predicted octanol–water partition coefficient (Wildman–Crippen LogP) is 10.3. The molecule has 0 bridgehead atoms. The first kappa shape index (κ1) is 56.2. The first-order chi connectivity index (χ1) is 28.2. The molecule has 0 radical (unpaired) electrons. The predicted molar refractivity (Wildman–Crippen MR) is 249 cm³/mol. The van der Waals surface area contributed by atoms with Gasteiger partial charge in [-0.1, -0.05) is 115 Å². The fourth-order valence-electron chi connectivity index (χ4n) is 6.49. The van der Waals surface area contributed by atoms with E-state index in [1.54, 1.807) is 0 Å². The van der Waals surface area contributed by atoms with Crippen molar-refractivity contribution in [1.82, 2.24) is 9.80 Å². The summed E-state index contributed by atoms with van der Waals surface area (Å²) in [6, 6.07) is 0. The van der Waals surface area contributed by atoms with Crippen LogP contribution in [0.1, 0.15) is 166 Å². The van der Waals surface area contributed by atoms with Gasteiger partial charge in [0.1, 0.15) is 29.3 Å². The summed E-state index contributed by atoms with van der Waals surface area (Å²) in [7, 11) is 0. The van der Waals surface area contributed by atoms with Crippen LogP contribution in [0.25, 0.3) is 0 Å². The first-order valence-electron chi connectivity index (χ1n) is 23.6. The Bertz CT molecular complexity index is 1240. The number of carbonyl (C=O) groups excluding carboxylic acids is 2. The molecule has 0 amide bonds. The van der Waals surface area contributed by atoms with Crippen LogP contribution >= 0.6 is 0 Å². The molecule has 0 aliphatic carbocycles. The van der Waals surface area contributed by atoms with Gasteiger partial charge in [-0.05, 0) is 82.3 Å². The van der Waals surface area contributed by atoms with Gasteiger partial charge in [0.25, 0.3) is 0 Å². The summed E-state index contributed by atoms with van der Waals surface area (Å²) in [5.74, 6) is 0.850. The average molecular weight is 834 g/mol. The number of hydrogen-bond donors (Lipinski definition) is 3. The van der Waals surface area contributed by atoms with Gasteiger partial charge in [0.2, 0.25) is 0 Å². The number of aliphatic imine (C=N–C) groups is 2. The molecule has 1 atom stereocenters. The van der Waals surface area contributed by atoms with Crippen LogP contribution in [-0.4, -0.2) is 115 Å². The Kier molecular flexibility index (Phi) is 33.3. The number of aliphatic hydroxyl groups excluding tert-OH is 2. The largest absolute Gasteiger partial charge is 0.511 e. The smallest absolute Gasteiger partial charge is 0.343 e. The van der Waals surface area contributed by atoms with Gasteiger partial charge >= 0.3 is 11.9 Å². The second kappa shape index (κ2) is 34.9. The van der Waals surface area contributed by atoms with Gasteiger partial charge in [-0.25, -0.2) is 9.59 Å². The number of carbonyl (C=O) groups is 2. The SMILES string of the molecule is CC(C)CCN(CCN)CCN=C(CCCCCCCCC(=NCCN(CCC(C)C)CCC(C)C)C1=C(O)[C@@H](C)COC1=O)C1=C(O)CCOC1=O.CCC.CCC. The highest BCUT2D eigenvalue weighted by atomic mass is 16.5. The van der Waals surface area contributed by atoms with E-state index in [4.69, 9.17) is 25.2 Å². The number of aliphatic hydroxyl groups is 2. The number of nitrogens with two attached hydrogens (primary N) is 1. The molecule has 0 spiro atoms. The van der Waals surface area contributed by atoms with Crippen LogP contribution < -0.4 is 5.73 Å². The van der Waals surface area contributed by atoms with Gasteiger partial charge in [-0.2, -0.15) is 0 Å². The minimum Gasteiger partial charge on any atom is -0.511 e. The van der Waals surface area contributed by atoms with E-state index in [1.165, 1.54) is 12.8 Å². The fourth-order valence-corrected chi connectivity index (χ4v) is 6.49. The summed E-state index contributed by atoms with van der Waals surface area (Å²) in [6.45, 7) is 31.3. The maximum atomic E-state index is 12.8. The van der Waals surface area contributed by atoms with Crippen molar-refractivity contribution in [3.63, 3.8) is 0 Å². The maximum Gasteiger partial charge on any atom is 0.343 e. The van der Waals surface area contributed by atoms with Gasteiger partial charge in [0.15, 0.2) is 0 Å². The highest BCUT2D eigenvalue weighted by Gasteiger charge is 2.31. The Morgan fingerprint density at radius 3 is 1.49 bits per heavy atom. The van der Waals surface area contributed by atoms with Gasteiger partial charge in [-0.3, -0.25) is 9.98 Å². The summed E-state index contributed by atoms with van der Waals surface area (Å²) < 4.78 is 10.7. The molecule has 4 N–H and O–H groups in total. The van der Waals surface area contributed by atoms with Crippen LogP contribution in [-0.2, 0) is 19.1 Å². The zero-order chi connectivity index (χ0) is 44.6. The van der Waals surface area contributed by atoms with E-state index in [0.717, 1.165) is 97.1 Å². The number of cyclic esters (lactones) is 2. The summed E-state index contributed by atoms with van der Waals surface area (Å²) >= 11 is 0. The lowest BCUT2D eigenvalue weighted by Gasteiger charge is -2.24. The topological polar surface area (TPSA) is 150 Å². The normalized spacial score (nSPS) is 16.5. The van der Waals surface area contributed by atoms with Crippen LogP contribution in [0, 0.1) is 23.7 Å². The molecule has 0 fully saturated rings. The van der Waals surface area contributed by atoms with Crippen molar-refractivity contribution in [3.05, 3.63) is 22.7 Å². The van der Waals surface area contributed by atoms with Crippen LogP contribution in [0.4, 0.5) is 0 Å². The molecule has 0 saturated heterocycles. The lowest BCUT2D eigenvalue weighted by Crippen LogP contribution is -2.33. The van der Waals surface area contributed by atoms with Crippen LogP contribution in [0.15, 0.2) is 32.6 Å². The van der Waals surface area contributed by atoms with E-state index in [-0.39, 0.29) is 41.8 Å². The molecule has 2 aliphatic heterocycles. The van der Waals surface area contributed by atoms with Gasteiger partial charge < -0.3 is 35.2 Å². The molecule has 0 unspecified atom stereocenters. The van der Waals surface area contributed by atoms with Crippen molar-refractivity contribution < 1.29 is 29.3 Å². The van der Waals surface area contributed by atoms with E-state index in [0.29, 0.717) is 68.1 Å². The van der Waals surface area contributed by atoms with E-state index < -0.39 is 11.9 Å². The number of ether oxygens (including phenoxy) is 2. The molecule has 2 aliphatic rings. The van der Waals surface area contributed by atoms with Crippen LogP contribution in [0.5, 0.6) is 0 Å². The third-order valence-electron chi connectivity index (χ3n) is 10.1. The van der Waals surface area contributed by atoms with Crippen LogP contribution in [0.3, 0.4) is 0 Å². The summed E-state index contributed by atoms with van der Waals surface area (Å²) in [5, 5.41) is 21.5. The minimum atomic E-state index is -0.486. The highest BCUT2D eigenvalue weighted by Crippen LogP contribution is 2.25. The standard InChI is InChI=1S/C42H75N5O6.2C3H8/c1-31(2)16-23-46(24-17-32(3)4)27-21-45-36(39-40(49)34(7)30-53-42(39)51)15-13-11-9-8-10-12-14-35(38-37(48)19-29-52-41(38)50)44-22-28-47(26-20-43)25-18-33(5)6;2*1-3-2/h31-34,48-49H,8-30,43H2,1-7H3;2*3H2,1-2H3/t34-;;/m0../s1. The molecule has 2 rings (SSSR count). The lowest BCUT2D eigenvalue weighted by atomic mass is 9.95. The second-order valence-electron chi connectivity index (χ2n) is 17.7. The molecule has 344 valence electrons. The maximum absolute atomic E-state index is 12.8. The third kappa shape index (κ3) is 26.2. The fraction of sp³-hybridized carbons (Fsp3) is 0.833. The van der Waals surface area contributed by atoms with E-state index >= 15 is 0 Å². The molecule has 0 saturated carbocycles. The first-order valence-corrected chi connectivity index (χ1v) is 23.6. The zero-order valence-electron chi connectivity index (χ0n) is 39.9. The Morgan fingerprint density at radius 2 is 1.07 bits per heavy atom. The van der Waals surface area contributed by atoms with E-state index in [9.17, 15) is 19.8 Å². The van der Waals surface area contributed by atoms with Gasteiger partial charge in [-0.15, -0.1) is 0 Å². The summed E-state index contributed by atoms with van der Waals surface area (Å²) in [5.41, 5.74) is 7.66. The molecule has 59 heavy (non-hydrogen) atoms. The average Bonchev–Trinajstić information content (AvgIpc) is 3.17. The van der Waals surface area contributed by atoms with E-state index in [2.05, 4.69) is 79.0 Å². The quantitative estimate of drug-likeness (QED) is 0.0398. The monoisotopic (exact) mass is 834 g/mol. The van der Waals surface area contributed by atoms with Crippen molar-refractivity contribution in [1.29, 1.82) is 0 Å². The van der Waals surface area contributed by atoms with Crippen LogP contribution in [0.2, 0.25) is 0 Å². The van der Waals surface area contributed by atoms with Crippen molar-refractivity contribution in [3.8, 4) is 0 Å². The van der Waals surface area contributed by atoms with Crippen molar-refractivity contribution >= 4 is 23.4 Å². The van der Waals surface area contributed by atoms with Gasteiger partial charge in [0.05, 0.1) is 31.1 Å². The Hall–Kier alpha value is -2.76. The highest BCUT2D eigenvalue weighted by molar-refractivity contribution is 6.21. The molecule has 0 aromatic carbocycles. The van der Waals surface area contributed by atoms with Crippen molar-refractivity contribution in [2.24, 2.45) is 39.4 Å². The molecule has 11 nitrogen and oxygen atoms in total. The van der Waals surface area contributed by atoms with Crippen molar-refractivity contribution in [2.45, 2.75) is 166 Å². The summed E-state index contributed by atoms with van der Waals surface area (Å²) in [6.07, 6.45) is 13.1. The van der Waals surface area contributed by atoms with Gasteiger partial charge in [0, 0.05) is 38.5 Å². The van der Waals surface area contributed by atoms with Crippen molar-refractivity contribution in [2.75, 3.05) is 72.1 Å². The molecule has 2 heterocycles. The molecular formula is C48H91N5O6. The number of nitrogens with zero attached hydrogens (tertiary/aromatic N) is 4. The summed E-state index contributed by atoms with van der Waals surface area (Å²) in [4.78, 5) is 40.1. The zero-order valence-corrected chi connectivity index (χ0v) is 39.9. The minimum absolute atomic E-state index is 0.0762. The Morgan fingerprint density at radius 1 is 0.661 bits per heavy atom. The number of unbranched alkanes of at least 4 members (excludes halogenated alkanes) is 5. The Balaban J connectivity index is 0.00000526. The molecule has 0 aromatic heterocycles. The number of rotatable bonds is 28. The van der Waals surface area contributed by atoms with E-state index in [1.807, 2.05) is 6.92 Å².